The van der Waals surface area contributed by atoms with Crippen LogP contribution in [0.15, 0.2) is 0 Å². The number of alkyl halides is 1. The van der Waals surface area contributed by atoms with Crippen LogP contribution in [-0.2, 0) is 9.53 Å². The second-order valence-corrected chi connectivity index (χ2v) is 4.63. The van der Waals surface area contributed by atoms with Crippen LogP contribution in [0.5, 0.6) is 0 Å². The van der Waals surface area contributed by atoms with Gasteiger partial charge in [-0.25, -0.2) is 0 Å². The molecule has 0 spiro atoms. The van der Waals surface area contributed by atoms with Crippen LogP contribution < -0.4 is 0 Å². The fraction of sp³-hybridized carbons (Fsp3) is 0.900. The first-order chi connectivity index (χ1) is 6.20. The second-order valence-electron chi connectivity index (χ2n) is 4.37. The van der Waals surface area contributed by atoms with Gasteiger partial charge in [0.05, 0.1) is 0 Å². The van der Waals surface area contributed by atoms with E-state index in [0.717, 1.165) is 18.3 Å². The van der Waals surface area contributed by atoms with Gasteiger partial charge in [-0.15, -0.1) is 11.6 Å². The van der Waals surface area contributed by atoms with Crippen LogP contribution in [0.4, 0.5) is 0 Å². The summed E-state index contributed by atoms with van der Waals surface area (Å²) in [6, 6.07) is 0. The third-order valence-electron chi connectivity index (χ3n) is 3.54. The van der Waals surface area contributed by atoms with Gasteiger partial charge in [-0.2, -0.15) is 0 Å². The molecular weight excluding hydrogens is 188 g/mol. The fourth-order valence-corrected chi connectivity index (χ4v) is 2.92. The van der Waals surface area contributed by atoms with Gasteiger partial charge in [0.2, 0.25) is 0 Å². The summed E-state index contributed by atoms with van der Waals surface area (Å²) in [5, 5.41) is 0. The van der Waals surface area contributed by atoms with Gasteiger partial charge >= 0.3 is 5.97 Å². The predicted octanol–water partition coefficient (Wildman–Crippen LogP) is 2.20. The minimum atomic E-state index is -0.258. The van der Waals surface area contributed by atoms with E-state index in [1.807, 2.05) is 0 Å². The highest BCUT2D eigenvalue weighted by atomic mass is 35.5. The first-order valence-electron chi connectivity index (χ1n) is 4.96. The van der Waals surface area contributed by atoms with Crippen LogP contribution in [-0.4, -0.2) is 18.0 Å². The molecule has 0 aromatic rings. The van der Waals surface area contributed by atoms with Gasteiger partial charge in [-0.1, -0.05) is 6.92 Å². The molecule has 13 heavy (non-hydrogen) atoms. The molecule has 2 fully saturated rings. The average molecular weight is 203 g/mol. The molecule has 0 aliphatic heterocycles. The SMILES string of the molecule is C[C@H]1C[C@H]2C[C@@H]1C[C@@H]2OC(=O)CCl. The molecule has 3 heteroatoms. The summed E-state index contributed by atoms with van der Waals surface area (Å²) in [5.41, 5.74) is 0. The van der Waals surface area contributed by atoms with Crippen LogP contribution in [0.1, 0.15) is 26.2 Å². The monoisotopic (exact) mass is 202 g/mol. The number of ether oxygens (including phenoxy) is 1. The summed E-state index contributed by atoms with van der Waals surface area (Å²) < 4.78 is 5.27. The molecule has 0 N–H and O–H groups in total. The maximum absolute atomic E-state index is 11.0. The zero-order chi connectivity index (χ0) is 9.42. The van der Waals surface area contributed by atoms with E-state index in [4.69, 9.17) is 16.3 Å². The molecule has 2 saturated carbocycles. The van der Waals surface area contributed by atoms with E-state index in [0.29, 0.717) is 5.92 Å². The zero-order valence-electron chi connectivity index (χ0n) is 7.83. The lowest BCUT2D eigenvalue weighted by atomic mass is 9.89. The highest BCUT2D eigenvalue weighted by Gasteiger charge is 2.45. The Morgan fingerprint density at radius 1 is 1.38 bits per heavy atom. The number of rotatable bonds is 2. The van der Waals surface area contributed by atoms with Gasteiger partial charge in [-0.05, 0) is 37.0 Å². The topological polar surface area (TPSA) is 26.3 Å². The summed E-state index contributed by atoms with van der Waals surface area (Å²) in [6.07, 6.45) is 3.72. The standard InChI is InChI=1S/C10H15ClO2/c1-6-2-8-3-7(6)4-9(8)13-10(12)5-11/h6-9H,2-5H2,1H3/t6-,7+,8-,9-/m0/s1. The maximum atomic E-state index is 11.0. The van der Waals surface area contributed by atoms with Gasteiger partial charge < -0.3 is 4.74 Å². The van der Waals surface area contributed by atoms with Gasteiger partial charge in [0.15, 0.2) is 0 Å². The number of hydrogen-bond donors (Lipinski definition) is 0. The Hall–Kier alpha value is -0.240. The predicted molar refractivity (Wildman–Crippen MR) is 50.6 cm³/mol. The summed E-state index contributed by atoms with van der Waals surface area (Å²) in [6.45, 7) is 2.30. The minimum absolute atomic E-state index is 0.0105. The van der Waals surface area contributed by atoms with Crippen molar-refractivity contribution in [1.29, 1.82) is 0 Å². The van der Waals surface area contributed by atoms with Gasteiger partial charge in [0.1, 0.15) is 12.0 Å². The summed E-state index contributed by atoms with van der Waals surface area (Å²) in [7, 11) is 0. The zero-order valence-corrected chi connectivity index (χ0v) is 8.59. The largest absolute Gasteiger partial charge is 0.461 e. The Kier molecular flexibility index (Phi) is 2.50. The first-order valence-corrected chi connectivity index (χ1v) is 5.49. The van der Waals surface area contributed by atoms with Crippen molar-refractivity contribution in [3.8, 4) is 0 Å². The molecule has 0 saturated heterocycles. The molecular formula is C10H15ClO2. The van der Waals surface area contributed by atoms with E-state index < -0.39 is 0 Å². The molecule has 74 valence electrons. The lowest BCUT2D eigenvalue weighted by molar-refractivity contribution is -0.148. The number of carbonyl (C=O) groups excluding carboxylic acids is 1. The van der Waals surface area contributed by atoms with Gasteiger partial charge in [0.25, 0.3) is 0 Å². The highest BCUT2D eigenvalue weighted by molar-refractivity contribution is 6.26. The van der Waals surface area contributed by atoms with Gasteiger partial charge in [0, 0.05) is 0 Å². The molecule has 2 aliphatic rings. The van der Waals surface area contributed by atoms with Crippen molar-refractivity contribution in [2.24, 2.45) is 17.8 Å². The van der Waals surface area contributed by atoms with E-state index in [9.17, 15) is 4.79 Å². The molecule has 0 aromatic carbocycles. The van der Waals surface area contributed by atoms with E-state index in [-0.39, 0.29) is 18.0 Å². The van der Waals surface area contributed by atoms with Crippen molar-refractivity contribution in [1.82, 2.24) is 0 Å². The smallest absolute Gasteiger partial charge is 0.321 e. The molecule has 2 rings (SSSR count). The Morgan fingerprint density at radius 3 is 2.62 bits per heavy atom. The Bertz CT molecular complexity index is 215. The Balaban J connectivity index is 1.88. The second kappa shape index (κ2) is 3.49. The maximum Gasteiger partial charge on any atom is 0.321 e. The van der Waals surface area contributed by atoms with Crippen molar-refractivity contribution < 1.29 is 9.53 Å². The number of hydrogen-bond acceptors (Lipinski definition) is 2. The molecule has 2 aliphatic carbocycles. The molecule has 2 nitrogen and oxygen atoms in total. The molecule has 0 aromatic heterocycles. The molecule has 0 amide bonds. The lowest BCUT2D eigenvalue weighted by Gasteiger charge is -2.25. The van der Waals surface area contributed by atoms with Crippen molar-refractivity contribution in [3.05, 3.63) is 0 Å². The third-order valence-corrected chi connectivity index (χ3v) is 3.76. The van der Waals surface area contributed by atoms with Crippen molar-refractivity contribution in [2.75, 3.05) is 5.88 Å². The summed E-state index contributed by atoms with van der Waals surface area (Å²) >= 11 is 5.39. The number of fused-ring (bicyclic) bond motifs is 2. The third kappa shape index (κ3) is 1.69. The number of carbonyl (C=O) groups is 1. The Labute approximate surface area is 83.6 Å². The van der Waals surface area contributed by atoms with Crippen LogP contribution in [0, 0.1) is 17.8 Å². The van der Waals surface area contributed by atoms with E-state index in [1.165, 1.54) is 12.8 Å². The first kappa shape index (κ1) is 9.32. The van der Waals surface area contributed by atoms with Crippen molar-refractivity contribution in [3.63, 3.8) is 0 Å². The van der Waals surface area contributed by atoms with Crippen molar-refractivity contribution in [2.45, 2.75) is 32.3 Å². The lowest BCUT2D eigenvalue weighted by Crippen LogP contribution is -2.26. The minimum Gasteiger partial charge on any atom is -0.461 e. The van der Waals surface area contributed by atoms with Crippen molar-refractivity contribution >= 4 is 17.6 Å². The van der Waals surface area contributed by atoms with E-state index in [2.05, 4.69) is 6.92 Å². The average Bonchev–Trinajstić information content (AvgIpc) is 2.63. The van der Waals surface area contributed by atoms with Crippen LogP contribution in [0.3, 0.4) is 0 Å². The van der Waals surface area contributed by atoms with Crippen LogP contribution in [0.2, 0.25) is 0 Å². The highest BCUT2D eigenvalue weighted by Crippen LogP contribution is 2.49. The number of esters is 1. The molecule has 0 radical (unpaired) electrons. The number of halogens is 1. The molecule has 0 heterocycles. The van der Waals surface area contributed by atoms with Gasteiger partial charge in [-0.3, -0.25) is 4.79 Å². The normalized spacial score (nSPS) is 42.3. The summed E-state index contributed by atoms with van der Waals surface area (Å²) in [4.78, 5) is 11.0. The molecule has 0 unspecified atom stereocenters. The Morgan fingerprint density at radius 2 is 2.15 bits per heavy atom. The van der Waals surface area contributed by atoms with E-state index >= 15 is 0 Å². The fourth-order valence-electron chi connectivity index (χ4n) is 2.85. The summed E-state index contributed by atoms with van der Waals surface area (Å²) in [5.74, 6) is 1.97. The molecule has 2 bridgehead atoms. The quantitative estimate of drug-likeness (QED) is 0.507. The molecule has 4 atom stereocenters. The van der Waals surface area contributed by atoms with Crippen LogP contribution >= 0.6 is 11.6 Å². The van der Waals surface area contributed by atoms with Crippen LogP contribution in [0.25, 0.3) is 0 Å². The van der Waals surface area contributed by atoms with E-state index in [1.54, 1.807) is 0 Å².